The quantitative estimate of drug-likeness (QED) is 0.881. The molecule has 104 valence electrons. The molecule has 5 heteroatoms. The molecule has 2 rings (SSSR count). The van der Waals surface area contributed by atoms with Crippen LogP contribution in [-0.2, 0) is 20.1 Å². The Bertz CT molecular complexity index is 476. The third-order valence-corrected chi connectivity index (χ3v) is 4.15. The topological polar surface area (TPSA) is 41.3 Å². The lowest BCUT2D eigenvalue weighted by molar-refractivity contribution is 0.116. The number of aliphatic hydroxyl groups is 1. The Morgan fingerprint density at radius 3 is 2.79 bits per heavy atom. The van der Waals surface area contributed by atoms with Crippen molar-refractivity contribution < 1.29 is 5.11 Å². The van der Waals surface area contributed by atoms with Gasteiger partial charge in [-0.15, -0.1) is 11.3 Å². The number of imidazole rings is 1. The summed E-state index contributed by atoms with van der Waals surface area (Å²) in [5.74, 6) is 1.02. The van der Waals surface area contributed by atoms with E-state index in [-0.39, 0.29) is 6.10 Å². The number of hydrogen-bond acceptors (Lipinski definition) is 4. The van der Waals surface area contributed by atoms with Crippen LogP contribution >= 0.6 is 11.3 Å². The van der Waals surface area contributed by atoms with Gasteiger partial charge in [-0.3, -0.25) is 4.90 Å². The van der Waals surface area contributed by atoms with Gasteiger partial charge >= 0.3 is 0 Å². The molecular weight excluding hydrogens is 258 g/mol. The van der Waals surface area contributed by atoms with Gasteiger partial charge in [0.1, 0.15) is 5.82 Å². The Balaban J connectivity index is 2.08. The van der Waals surface area contributed by atoms with Crippen molar-refractivity contribution in [2.45, 2.75) is 33.0 Å². The lowest BCUT2D eigenvalue weighted by Gasteiger charge is -2.23. The van der Waals surface area contributed by atoms with Gasteiger partial charge in [0.25, 0.3) is 0 Å². The van der Waals surface area contributed by atoms with Gasteiger partial charge in [-0.2, -0.15) is 0 Å². The van der Waals surface area contributed by atoms with Gasteiger partial charge in [0.15, 0.2) is 0 Å². The molecule has 0 aliphatic carbocycles. The molecule has 1 atom stereocenters. The Hall–Kier alpha value is -1.17. The zero-order valence-corrected chi connectivity index (χ0v) is 12.5. The highest BCUT2D eigenvalue weighted by Crippen LogP contribution is 2.19. The van der Waals surface area contributed by atoms with Crippen LogP contribution in [0.4, 0.5) is 0 Å². The highest BCUT2D eigenvalue weighted by atomic mass is 32.1. The van der Waals surface area contributed by atoms with E-state index in [0.29, 0.717) is 6.54 Å². The summed E-state index contributed by atoms with van der Waals surface area (Å²) in [6, 6.07) is 2.14. The fourth-order valence-corrected chi connectivity index (χ4v) is 3.02. The number of rotatable bonds is 6. The average Bonchev–Trinajstić information content (AvgIpc) is 2.89. The maximum Gasteiger partial charge on any atom is 0.122 e. The maximum atomic E-state index is 9.65. The number of aliphatic hydroxyl groups excluding tert-OH is 1. The van der Waals surface area contributed by atoms with Crippen LogP contribution in [0.25, 0.3) is 0 Å². The summed E-state index contributed by atoms with van der Waals surface area (Å²) in [6.07, 6.45) is 3.43. The van der Waals surface area contributed by atoms with Gasteiger partial charge in [0, 0.05) is 37.4 Å². The Kier molecular flexibility index (Phi) is 4.74. The third kappa shape index (κ3) is 3.89. The molecule has 0 aliphatic rings. The summed E-state index contributed by atoms with van der Waals surface area (Å²) in [7, 11) is 2.00. The van der Waals surface area contributed by atoms with Gasteiger partial charge < -0.3 is 9.67 Å². The molecule has 0 bridgehead atoms. The number of aryl methyl sites for hydroxylation is 2. The standard InChI is InChI=1S/C14H21N3OS/c1-11-4-7-19-13(11)9-17(8-12(2)18)10-14-15-5-6-16(14)3/h4-7,12,18H,8-10H2,1-3H3/t12-/m1/s1. The summed E-state index contributed by atoms with van der Waals surface area (Å²) in [6.45, 7) is 6.23. The maximum absolute atomic E-state index is 9.65. The van der Waals surface area contributed by atoms with E-state index in [4.69, 9.17) is 0 Å². The highest BCUT2D eigenvalue weighted by molar-refractivity contribution is 7.10. The van der Waals surface area contributed by atoms with E-state index < -0.39 is 0 Å². The monoisotopic (exact) mass is 279 g/mol. The summed E-state index contributed by atoms with van der Waals surface area (Å²) in [5, 5.41) is 11.8. The van der Waals surface area contributed by atoms with Crippen LogP contribution in [0.15, 0.2) is 23.8 Å². The minimum atomic E-state index is -0.333. The van der Waals surface area contributed by atoms with Crippen molar-refractivity contribution >= 4 is 11.3 Å². The SMILES string of the molecule is Cc1ccsc1CN(Cc1nccn1C)C[C@@H](C)O. The zero-order valence-electron chi connectivity index (χ0n) is 11.7. The molecule has 0 spiro atoms. The van der Waals surface area contributed by atoms with Crippen molar-refractivity contribution in [1.29, 1.82) is 0 Å². The first-order valence-corrected chi connectivity index (χ1v) is 7.34. The Morgan fingerprint density at radius 2 is 2.26 bits per heavy atom. The van der Waals surface area contributed by atoms with Crippen molar-refractivity contribution in [3.63, 3.8) is 0 Å². The van der Waals surface area contributed by atoms with Crippen molar-refractivity contribution in [1.82, 2.24) is 14.5 Å². The van der Waals surface area contributed by atoms with E-state index in [9.17, 15) is 5.11 Å². The largest absolute Gasteiger partial charge is 0.392 e. The molecule has 4 nitrogen and oxygen atoms in total. The fraction of sp³-hybridized carbons (Fsp3) is 0.500. The average molecular weight is 279 g/mol. The summed E-state index contributed by atoms with van der Waals surface area (Å²) < 4.78 is 2.02. The molecule has 0 fully saturated rings. The number of aromatic nitrogens is 2. The summed E-state index contributed by atoms with van der Waals surface area (Å²) in [5.41, 5.74) is 1.32. The lowest BCUT2D eigenvalue weighted by atomic mass is 10.2. The molecule has 0 radical (unpaired) electrons. The molecule has 2 aromatic rings. The third-order valence-electron chi connectivity index (χ3n) is 3.14. The first-order valence-electron chi connectivity index (χ1n) is 6.46. The first-order chi connectivity index (χ1) is 9.06. The molecular formula is C14H21N3OS. The van der Waals surface area contributed by atoms with Crippen LogP contribution in [0.2, 0.25) is 0 Å². The van der Waals surface area contributed by atoms with E-state index in [1.165, 1.54) is 10.4 Å². The smallest absolute Gasteiger partial charge is 0.122 e. The van der Waals surface area contributed by atoms with Crippen LogP contribution in [-0.4, -0.2) is 32.2 Å². The van der Waals surface area contributed by atoms with E-state index in [2.05, 4.69) is 28.3 Å². The normalized spacial score (nSPS) is 13.1. The Morgan fingerprint density at radius 1 is 1.47 bits per heavy atom. The van der Waals surface area contributed by atoms with E-state index in [1.807, 2.05) is 30.9 Å². The molecule has 19 heavy (non-hydrogen) atoms. The number of thiophene rings is 1. The molecule has 1 N–H and O–H groups in total. The van der Waals surface area contributed by atoms with Crippen LogP contribution in [0, 0.1) is 6.92 Å². The van der Waals surface area contributed by atoms with Crippen molar-refractivity contribution in [3.8, 4) is 0 Å². The van der Waals surface area contributed by atoms with Gasteiger partial charge in [0.05, 0.1) is 12.6 Å². The van der Waals surface area contributed by atoms with Gasteiger partial charge in [-0.1, -0.05) is 0 Å². The zero-order chi connectivity index (χ0) is 13.8. The predicted octanol–water partition coefficient (Wildman–Crippen LogP) is 2.17. The van der Waals surface area contributed by atoms with Gasteiger partial charge in [0.2, 0.25) is 0 Å². The molecule has 2 aromatic heterocycles. The van der Waals surface area contributed by atoms with E-state index in [0.717, 1.165) is 18.9 Å². The molecule has 0 saturated carbocycles. The molecule has 2 heterocycles. The first kappa shape index (κ1) is 14.2. The minimum absolute atomic E-state index is 0.333. The van der Waals surface area contributed by atoms with Crippen LogP contribution in [0.5, 0.6) is 0 Å². The Labute approximate surface area is 118 Å². The molecule has 0 amide bonds. The molecule has 0 aromatic carbocycles. The number of hydrogen-bond donors (Lipinski definition) is 1. The van der Waals surface area contributed by atoms with Crippen molar-refractivity contribution in [2.24, 2.45) is 7.05 Å². The van der Waals surface area contributed by atoms with Crippen molar-refractivity contribution in [2.75, 3.05) is 6.54 Å². The highest BCUT2D eigenvalue weighted by Gasteiger charge is 2.14. The number of nitrogens with zero attached hydrogens (tertiary/aromatic N) is 3. The van der Waals surface area contributed by atoms with E-state index >= 15 is 0 Å². The van der Waals surface area contributed by atoms with Crippen LogP contribution in [0.3, 0.4) is 0 Å². The van der Waals surface area contributed by atoms with Crippen molar-refractivity contribution in [3.05, 3.63) is 40.1 Å². The summed E-state index contributed by atoms with van der Waals surface area (Å²) in [4.78, 5) is 7.96. The second-order valence-corrected chi connectivity index (χ2v) is 6.00. The van der Waals surface area contributed by atoms with Crippen LogP contribution < -0.4 is 0 Å². The second kappa shape index (κ2) is 6.32. The second-order valence-electron chi connectivity index (χ2n) is 5.00. The minimum Gasteiger partial charge on any atom is -0.392 e. The molecule has 0 unspecified atom stereocenters. The predicted molar refractivity (Wildman–Crippen MR) is 78.1 cm³/mol. The van der Waals surface area contributed by atoms with Gasteiger partial charge in [-0.25, -0.2) is 4.98 Å². The lowest BCUT2D eigenvalue weighted by Crippen LogP contribution is -2.31. The molecule has 0 saturated heterocycles. The molecule has 0 aliphatic heterocycles. The summed E-state index contributed by atoms with van der Waals surface area (Å²) >= 11 is 1.77. The van der Waals surface area contributed by atoms with E-state index in [1.54, 1.807) is 11.3 Å². The van der Waals surface area contributed by atoms with Gasteiger partial charge in [-0.05, 0) is 30.9 Å². The van der Waals surface area contributed by atoms with Crippen LogP contribution in [0.1, 0.15) is 23.2 Å². The fourth-order valence-electron chi connectivity index (χ4n) is 2.08.